The molecule has 10 nitrogen and oxygen atoms in total. The second kappa shape index (κ2) is 15.3. The van der Waals surface area contributed by atoms with E-state index in [2.05, 4.69) is 5.32 Å². The number of carbonyl (C=O) groups excluding carboxylic acids is 2. The number of hydrogen-bond acceptors (Lipinski definition) is 8. The summed E-state index contributed by atoms with van der Waals surface area (Å²) in [5.74, 6) is -0.0383. The number of nitrogens with one attached hydrogen (secondary N) is 1. The quantitative estimate of drug-likeness (QED) is 0.127. The second-order valence-corrected chi connectivity index (χ2v) is 11.4. The predicted molar refractivity (Wildman–Crippen MR) is 159 cm³/mol. The molecule has 0 saturated carbocycles. The Kier molecular flexibility index (Phi) is 11.3. The number of rotatable bonds is 15. The molecule has 1 heterocycles. The third kappa shape index (κ3) is 8.76. The molecule has 42 heavy (non-hydrogen) atoms. The highest BCUT2D eigenvalue weighted by molar-refractivity contribution is 7.52. The van der Waals surface area contributed by atoms with Crippen molar-refractivity contribution in [2.75, 3.05) is 13.2 Å². The SMILES string of the molecule is CCOP(=O)(Cn1c(CC[C@@H](NC(=O)OCc2ccccc2)C(=O)OCc2ccccc2)nc2ccccc21)OCC. The summed E-state index contributed by atoms with van der Waals surface area (Å²) in [4.78, 5) is 30.7. The number of esters is 1. The zero-order valence-electron chi connectivity index (χ0n) is 23.8. The fraction of sp³-hybridized carbons (Fsp3) is 0.323. The summed E-state index contributed by atoms with van der Waals surface area (Å²) in [5, 5.41) is 2.66. The number of hydrogen-bond donors (Lipinski definition) is 1. The Morgan fingerprint density at radius 1 is 0.833 bits per heavy atom. The molecule has 1 N–H and O–H groups in total. The summed E-state index contributed by atoms with van der Waals surface area (Å²) in [6, 6.07) is 25.0. The molecule has 0 fully saturated rings. The van der Waals surface area contributed by atoms with Crippen LogP contribution in [-0.4, -0.2) is 40.9 Å². The largest absolute Gasteiger partial charge is 0.459 e. The first-order valence-corrected chi connectivity index (χ1v) is 15.6. The van der Waals surface area contributed by atoms with Crippen molar-refractivity contribution in [1.82, 2.24) is 14.9 Å². The molecule has 3 aromatic carbocycles. The monoisotopic (exact) mass is 593 g/mol. The van der Waals surface area contributed by atoms with Crippen LogP contribution in [0.5, 0.6) is 0 Å². The molecule has 0 spiro atoms. The van der Waals surface area contributed by atoms with Gasteiger partial charge in [-0.2, -0.15) is 0 Å². The van der Waals surface area contributed by atoms with Crippen LogP contribution < -0.4 is 5.32 Å². The molecule has 0 unspecified atom stereocenters. The standard InChI is InChI=1S/C31H36N3O7P/c1-3-40-42(37,41-4-2)23-34-28-18-12-11-17-26(28)32-29(34)20-19-27(30(35)38-21-24-13-7-5-8-14-24)33-31(36)39-22-25-15-9-6-10-16-25/h5-18,27H,3-4,19-23H2,1-2H3,(H,33,36)/t27-/m1/s1. The Balaban J connectivity index is 1.52. The van der Waals surface area contributed by atoms with E-state index in [1.54, 1.807) is 18.4 Å². The van der Waals surface area contributed by atoms with Gasteiger partial charge < -0.3 is 28.4 Å². The summed E-state index contributed by atoms with van der Waals surface area (Å²) in [5.41, 5.74) is 3.09. The fourth-order valence-corrected chi connectivity index (χ4v) is 6.10. The molecule has 222 valence electrons. The molecule has 0 radical (unpaired) electrons. The average molecular weight is 594 g/mol. The molecule has 4 aromatic rings. The van der Waals surface area contributed by atoms with Crippen LogP contribution in [0.1, 0.15) is 37.2 Å². The second-order valence-electron chi connectivity index (χ2n) is 9.42. The molecule has 11 heteroatoms. The van der Waals surface area contributed by atoms with E-state index in [0.717, 1.165) is 16.6 Å². The lowest BCUT2D eigenvalue weighted by molar-refractivity contribution is -0.147. The Hall–Kier alpha value is -3.98. The van der Waals surface area contributed by atoms with Crippen molar-refractivity contribution < 1.29 is 32.7 Å². The smallest absolute Gasteiger partial charge is 0.408 e. The molecular formula is C31H36N3O7P. The van der Waals surface area contributed by atoms with Gasteiger partial charge in [-0.25, -0.2) is 14.6 Å². The first-order valence-electron chi connectivity index (χ1n) is 13.9. The molecule has 1 atom stereocenters. The van der Waals surface area contributed by atoms with Crippen molar-refractivity contribution in [3.8, 4) is 0 Å². The van der Waals surface area contributed by atoms with Crippen LogP contribution in [0.15, 0.2) is 84.9 Å². The average Bonchev–Trinajstić information content (AvgIpc) is 3.34. The van der Waals surface area contributed by atoms with Gasteiger partial charge in [0.1, 0.15) is 31.4 Å². The summed E-state index contributed by atoms with van der Waals surface area (Å²) < 4.78 is 37.2. The van der Waals surface area contributed by atoms with Crippen molar-refractivity contribution in [1.29, 1.82) is 0 Å². The molecule has 1 amide bonds. The van der Waals surface area contributed by atoms with E-state index in [4.69, 9.17) is 23.5 Å². The maximum absolute atomic E-state index is 13.4. The Morgan fingerprint density at radius 2 is 1.40 bits per heavy atom. The van der Waals surface area contributed by atoms with E-state index in [0.29, 0.717) is 11.3 Å². The van der Waals surface area contributed by atoms with Gasteiger partial charge in [0.2, 0.25) is 0 Å². The molecule has 0 aliphatic heterocycles. The third-order valence-corrected chi connectivity index (χ3v) is 8.30. The van der Waals surface area contributed by atoms with Gasteiger partial charge in [-0.3, -0.25) is 4.57 Å². The van der Waals surface area contributed by atoms with Crippen LogP contribution in [0.4, 0.5) is 4.79 Å². The normalized spacial score (nSPS) is 12.1. The highest BCUT2D eigenvalue weighted by atomic mass is 31.2. The van der Waals surface area contributed by atoms with Crippen LogP contribution in [0.3, 0.4) is 0 Å². The molecule has 0 aliphatic rings. The number of nitrogens with zero attached hydrogens (tertiary/aromatic N) is 2. The maximum Gasteiger partial charge on any atom is 0.408 e. The summed E-state index contributed by atoms with van der Waals surface area (Å²) in [6.07, 6.45) is -0.367. The number of para-hydroxylation sites is 2. The molecular weight excluding hydrogens is 557 g/mol. The lowest BCUT2D eigenvalue weighted by atomic mass is 10.1. The van der Waals surface area contributed by atoms with E-state index >= 15 is 0 Å². The van der Waals surface area contributed by atoms with Gasteiger partial charge in [-0.15, -0.1) is 0 Å². The van der Waals surface area contributed by atoms with Crippen LogP contribution in [0.25, 0.3) is 11.0 Å². The van der Waals surface area contributed by atoms with Gasteiger partial charge in [-0.1, -0.05) is 72.8 Å². The van der Waals surface area contributed by atoms with Gasteiger partial charge in [0.15, 0.2) is 0 Å². The summed E-state index contributed by atoms with van der Waals surface area (Å²) in [7, 11) is -3.47. The number of imidazole rings is 1. The Bertz CT molecular complexity index is 1480. The lowest BCUT2D eigenvalue weighted by Gasteiger charge is -2.20. The molecule has 0 saturated heterocycles. The van der Waals surface area contributed by atoms with Crippen LogP contribution in [0.2, 0.25) is 0 Å². The summed E-state index contributed by atoms with van der Waals surface area (Å²) in [6.45, 7) is 4.08. The zero-order chi connectivity index (χ0) is 29.8. The maximum atomic E-state index is 13.4. The molecule has 4 rings (SSSR count). The number of alkyl carbamates (subject to hydrolysis) is 1. The number of aryl methyl sites for hydroxylation is 1. The third-order valence-electron chi connectivity index (χ3n) is 6.37. The Labute approximate surface area is 245 Å². The zero-order valence-corrected chi connectivity index (χ0v) is 24.7. The van der Waals surface area contributed by atoms with Crippen molar-refractivity contribution in [2.45, 2.75) is 52.2 Å². The fourth-order valence-electron chi connectivity index (χ4n) is 4.42. The number of amides is 1. The van der Waals surface area contributed by atoms with E-state index in [1.165, 1.54) is 0 Å². The van der Waals surface area contributed by atoms with Crippen molar-refractivity contribution in [3.05, 3.63) is 102 Å². The predicted octanol–water partition coefficient (Wildman–Crippen LogP) is 6.23. The lowest BCUT2D eigenvalue weighted by Crippen LogP contribution is -2.42. The van der Waals surface area contributed by atoms with E-state index < -0.39 is 25.7 Å². The van der Waals surface area contributed by atoms with E-state index in [-0.39, 0.29) is 45.6 Å². The van der Waals surface area contributed by atoms with Gasteiger partial charge >= 0.3 is 19.7 Å². The summed E-state index contributed by atoms with van der Waals surface area (Å²) >= 11 is 0. The minimum absolute atomic E-state index is 0.0415. The van der Waals surface area contributed by atoms with Gasteiger partial charge in [0.05, 0.1) is 24.2 Å². The highest BCUT2D eigenvalue weighted by Gasteiger charge is 2.29. The minimum Gasteiger partial charge on any atom is -0.459 e. The topological polar surface area (TPSA) is 118 Å². The molecule has 0 aliphatic carbocycles. The number of ether oxygens (including phenoxy) is 2. The van der Waals surface area contributed by atoms with Crippen molar-refractivity contribution in [2.24, 2.45) is 0 Å². The van der Waals surface area contributed by atoms with Gasteiger partial charge in [-0.05, 0) is 43.5 Å². The van der Waals surface area contributed by atoms with Crippen LogP contribution >= 0.6 is 7.60 Å². The molecule has 1 aromatic heterocycles. The van der Waals surface area contributed by atoms with Crippen LogP contribution in [-0.2, 0) is 53.8 Å². The van der Waals surface area contributed by atoms with E-state index in [1.807, 2.05) is 84.9 Å². The van der Waals surface area contributed by atoms with Gasteiger partial charge in [0.25, 0.3) is 0 Å². The van der Waals surface area contributed by atoms with Gasteiger partial charge in [0, 0.05) is 6.42 Å². The first-order chi connectivity index (χ1) is 20.4. The number of benzene rings is 3. The first kappa shape index (κ1) is 31.0. The van der Waals surface area contributed by atoms with E-state index in [9.17, 15) is 14.2 Å². The van der Waals surface area contributed by atoms with Crippen molar-refractivity contribution >= 4 is 30.7 Å². The minimum atomic E-state index is -3.47. The number of aromatic nitrogens is 2. The van der Waals surface area contributed by atoms with Crippen molar-refractivity contribution in [3.63, 3.8) is 0 Å². The number of fused-ring (bicyclic) bond motifs is 1. The Morgan fingerprint density at radius 3 is 2.02 bits per heavy atom. The number of carbonyl (C=O) groups is 2. The molecule has 0 bridgehead atoms. The van der Waals surface area contributed by atoms with Crippen LogP contribution in [0, 0.1) is 0 Å². The highest BCUT2D eigenvalue weighted by Crippen LogP contribution is 2.50.